The van der Waals surface area contributed by atoms with Crippen molar-refractivity contribution in [1.29, 1.82) is 0 Å². The normalized spacial score (nSPS) is 37.5. The van der Waals surface area contributed by atoms with E-state index in [0.29, 0.717) is 0 Å². The lowest BCUT2D eigenvalue weighted by Crippen LogP contribution is -2.32. The van der Waals surface area contributed by atoms with Gasteiger partial charge in [0.05, 0.1) is 0 Å². The van der Waals surface area contributed by atoms with Gasteiger partial charge in [0.15, 0.2) is 0 Å². The lowest BCUT2D eigenvalue weighted by molar-refractivity contribution is 0.0929. The number of hydrogen-bond donors (Lipinski definition) is 0. The van der Waals surface area contributed by atoms with Crippen LogP contribution in [0, 0.1) is 54.2 Å². The Labute approximate surface area is 203 Å². The molecule has 5 rings (SSSR count). The number of benzene rings is 1. The molecular weight excluding hydrogens is 403 g/mol. The summed E-state index contributed by atoms with van der Waals surface area (Å²) in [6, 6.07) is 3.80. The maximum Gasteiger partial charge on any atom is 0.126 e. The molecule has 1 heteroatoms. The molecule has 1 aromatic rings. The highest BCUT2D eigenvalue weighted by Crippen LogP contribution is 2.48. The van der Waals surface area contributed by atoms with Gasteiger partial charge in [0.2, 0.25) is 0 Å². The van der Waals surface area contributed by atoms with Crippen molar-refractivity contribution in [1.82, 2.24) is 0 Å². The van der Waals surface area contributed by atoms with Crippen LogP contribution in [-0.4, -0.2) is 0 Å². The molecule has 0 radical (unpaired) electrons. The van der Waals surface area contributed by atoms with Crippen LogP contribution in [0.15, 0.2) is 12.1 Å². The first-order chi connectivity index (χ1) is 16.1. The van der Waals surface area contributed by atoms with E-state index in [-0.39, 0.29) is 5.82 Å². The van der Waals surface area contributed by atoms with Crippen molar-refractivity contribution in [3.63, 3.8) is 0 Å². The average Bonchev–Trinajstić information content (AvgIpc) is 2.87. The van der Waals surface area contributed by atoms with E-state index < -0.39 is 0 Å². The van der Waals surface area contributed by atoms with Crippen LogP contribution in [0.1, 0.15) is 120 Å². The number of rotatable bonds is 5. The van der Waals surface area contributed by atoms with Crippen LogP contribution in [0.25, 0.3) is 0 Å². The van der Waals surface area contributed by atoms with Gasteiger partial charge in [-0.2, -0.15) is 0 Å². The Balaban J connectivity index is 1.06. The van der Waals surface area contributed by atoms with Crippen molar-refractivity contribution in [2.75, 3.05) is 0 Å². The van der Waals surface area contributed by atoms with Crippen molar-refractivity contribution in [3.05, 3.63) is 34.6 Å². The Kier molecular flexibility index (Phi) is 7.83. The first kappa shape index (κ1) is 23.9. The van der Waals surface area contributed by atoms with Crippen molar-refractivity contribution >= 4 is 0 Å². The summed E-state index contributed by atoms with van der Waals surface area (Å²) in [5.74, 6) is 7.02. The molecule has 4 aliphatic carbocycles. The van der Waals surface area contributed by atoms with Gasteiger partial charge in [-0.25, -0.2) is 4.39 Å². The fourth-order valence-electron chi connectivity index (χ4n) is 8.97. The molecule has 4 aliphatic rings. The van der Waals surface area contributed by atoms with Crippen LogP contribution in [0.3, 0.4) is 0 Å². The van der Waals surface area contributed by atoms with E-state index in [1.807, 2.05) is 6.92 Å². The molecule has 1 aromatic carbocycles. The predicted molar refractivity (Wildman–Crippen MR) is 138 cm³/mol. The van der Waals surface area contributed by atoms with E-state index in [1.165, 1.54) is 88.2 Å². The lowest BCUT2D eigenvalue weighted by atomic mass is 9.63. The second-order valence-electron chi connectivity index (χ2n) is 12.7. The van der Waals surface area contributed by atoms with Gasteiger partial charge in [-0.1, -0.05) is 38.7 Å². The maximum atomic E-state index is 14.0. The fraction of sp³-hybridized carbons (Fsp3) is 0.812. The van der Waals surface area contributed by atoms with Crippen molar-refractivity contribution < 1.29 is 4.39 Å². The SMILES string of the molecule is CCCC1CCC(C2CCC(C3CCC(C4CCc5c(ccc(F)c5C)C4)CC3)CC2)CC1. The number of halogens is 1. The molecule has 184 valence electrons. The Hall–Kier alpha value is -0.850. The van der Waals surface area contributed by atoms with E-state index in [9.17, 15) is 4.39 Å². The molecule has 1 atom stereocenters. The highest BCUT2D eigenvalue weighted by molar-refractivity contribution is 5.37. The van der Waals surface area contributed by atoms with Gasteiger partial charge < -0.3 is 0 Å². The quantitative estimate of drug-likeness (QED) is 0.417. The summed E-state index contributed by atoms with van der Waals surface area (Å²) in [4.78, 5) is 0. The van der Waals surface area contributed by atoms with Crippen molar-refractivity contribution in [3.8, 4) is 0 Å². The van der Waals surface area contributed by atoms with Crippen LogP contribution in [-0.2, 0) is 12.8 Å². The van der Waals surface area contributed by atoms with Crippen LogP contribution < -0.4 is 0 Å². The largest absolute Gasteiger partial charge is 0.207 e. The topological polar surface area (TPSA) is 0 Å². The molecule has 1 unspecified atom stereocenters. The summed E-state index contributed by atoms with van der Waals surface area (Å²) in [6.07, 6.45) is 24.7. The fourth-order valence-corrected chi connectivity index (χ4v) is 8.97. The monoisotopic (exact) mass is 452 g/mol. The Morgan fingerprint density at radius 1 is 0.667 bits per heavy atom. The highest BCUT2D eigenvalue weighted by Gasteiger charge is 2.36. The predicted octanol–water partition coefficient (Wildman–Crippen LogP) is 9.46. The van der Waals surface area contributed by atoms with Crippen molar-refractivity contribution in [2.24, 2.45) is 41.4 Å². The van der Waals surface area contributed by atoms with E-state index in [4.69, 9.17) is 0 Å². The first-order valence-corrected chi connectivity index (χ1v) is 14.9. The van der Waals surface area contributed by atoms with E-state index in [2.05, 4.69) is 13.0 Å². The summed E-state index contributed by atoms with van der Waals surface area (Å²) in [5.41, 5.74) is 3.70. The molecule has 3 fully saturated rings. The summed E-state index contributed by atoms with van der Waals surface area (Å²) in [5, 5.41) is 0. The Morgan fingerprint density at radius 2 is 1.15 bits per heavy atom. The molecule has 33 heavy (non-hydrogen) atoms. The van der Waals surface area contributed by atoms with Crippen LogP contribution >= 0.6 is 0 Å². The zero-order valence-electron chi connectivity index (χ0n) is 21.6. The molecule has 0 aromatic heterocycles. The van der Waals surface area contributed by atoms with E-state index >= 15 is 0 Å². The molecule has 0 spiro atoms. The van der Waals surface area contributed by atoms with Gasteiger partial charge in [-0.15, -0.1) is 0 Å². The highest BCUT2D eigenvalue weighted by atomic mass is 19.1. The van der Waals surface area contributed by atoms with Crippen LogP contribution in [0.4, 0.5) is 4.39 Å². The molecule has 0 nitrogen and oxygen atoms in total. The molecule has 0 aliphatic heterocycles. The third kappa shape index (κ3) is 5.38. The second kappa shape index (κ2) is 10.8. The zero-order chi connectivity index (χ0) is 22.8. The third-order valence-corrected chi connectivity index (χ3v) is 11.1. The molecule has 0 bridgehead atoms. The van der Waals surface area contributed by atoms with Gasteiger partial charge >= 0.3 is 0 Å². The standard InChI is InChI=1S/C32H49F/c1-3-4-23-5-7-24(8-6-23)25-9-11-26(12-10-25)27-13-15-28(16-14-27)29-17-19-31-22(2)32(33)20-18-30(31)21-29/h18,20,23-29H,3-17,19,21H2,1-2H3. The second-order valence-corrected chi connectivity index (χ2v) is 12.7. The van der Waals surface area contributed by atoms with Gasteiger partial charge in [0, 0.05) is 0 Å². The average molecular weight is 453 g/mol. The first-order valence-electron chi connectivity index (χ1n) is 14.9. The Bertz CT molecular complexity index is 757. The maximum absolute atomic E-state index is 14.0. The van der Waals surface area contributed by atoms with Gasteiger partial charge in [-0.05, 0) is 155 Å². The molecule has 0 saturated heterocycles. The van der Waals surface area contributed by atoms with E-state index in [0.717, 1.165) is 53.4 Å². The summed E-state index contributed by atoms with van der Waals surface area (Å²) >= 11 is 0. The molecule has 0 N–H and O–H groups in total. The summed E-state index contributed by atoms with van der Waals surface area (Å²) in [7, 11) is 0. The number of hydrogen-bond acceptors (Lipinski definition) is 0. The third-order valence-electron chi connectivity index (χ3n) is 11.1. The lowest BCUT2D eigenvalue weighted by Gasteiger charge is -2.43. The Morgan fingerprint density at radius 3 is 1.67 bits per heavy atom. The molecule has 0 heterocycles. The minimum Gasteiger partial charge on any atom is -0.207 e. The summed E-state index contributed by atoms with van der Waals surface area (Å²) in [6.45, 7) is 4.34. The summed E-state index contributed by atoms with van der Waals surface area (Å²) < 4.78 is 14.0. The number of fused-ring (bicyclic) bond motifs is 1. The minimum absolute atomic E-state index is 0.00777. The van der Waals surface area contributed by atoms with Crippen LogP contribution in [0.2, 0.25) is 0 Å². The van der Waals surface area contributed by atoms with Crippen LogP contribution in [0.5, 0.6) is 0 Å². The van der Waals surface area contributed by atoms with Crippen molar-refractivity contribution in [2.45, 2.75) is 123 Å². The zero-order valence-corrected chi connectivity index (χ0v) is 21.6. The minimum atomic E-state index is -0.00777. The van der Waals surface area contributed by atoms with Gasteiger partial charge in [0.25, 0.3) is 0 Å². The van der Waals surface area contributed by atoms with Gasteiger partial charge in [-0.3, -0.25) is 0 Å². The molecule has 0 amide bonds. The van der Waals surface area contributed by atoms with Gasteiger partial charge in [0.1, 0.15) is 5.82 Å². The van der Waals surface area contributed by atoms with E-state index in [1.54, 1.807) is 31.7 Å². The smallest absolute Gasteiger partial charge is 0.126 e. The molecule has 3 saturated carbocycles. The molecular formula is C32H49F.